The molecule has 11 aromatic rings. The fraction of sp³-hybridized carbons (Fsp3) is 0. The van der Waals surface area contributed by atoms with Crippen molar-refractivity contribution in [2.24, 2.45) is 0 Å². The number of nitrogens with zero attached hydrogens (tertiary/aromatic N) is 1. The molecule has 0 N–H and O–H groups in total. The van der Waals surface area contributed by atoms with Crippen LogP contribution in [0.4, 0.5) is 17.1 Å². The van der Waals surface area contributed by atoms with E-state index in [2.05, 4.69) is 205 Å². The van der Waals surface area contributed by atoms with Crippen molar-refractivity contribution in [3.05, 3.63) is 200 Å². The molecule has 0 fully saturated rings. The summed E-state index contributed by atoms with van der Waals surface area (Å²) in [4.78, 5) is 2.48. The minimum Gasteiger partial charge on any atom is -0.309 e. The molecule has 0 radical (unpaired) electrons. The molecule has 2 aromatic heterocycles. The van der Waals surface area contributed by atoms with Crippen LogP contribution < -0.4 is 4.90 Å². The molecule has 0 aliphatic heterocycles. The quantitative estimate of drug-likeness (QED) is 0.164. The molecule has 3 heteroatoms. The third-order valence-electron chi connectivity index (χ3n) is 10.9. The van der Waals surface area contributed by atoms with Gasteiger partial charge in [0.15, 0.2) is 0 Å². The predicted octanol–water partition coefficient (Wildman–Crippen LogP) is 16.0. The third kappa shape index (κ3) is 5.51. The van der Waals surface area contributed by atoms with Gasteiger partial charge in [-0.2, -0.15) is 0 Å². The summed E-state index contributed by atoms with van der Waals surface area (Å²) in [5.41, 5.74) is 10.8. The smallest absolute Gasteiger partial charge is 0.0555 e. The Labute approximate surface area is 327 Å². The third-order valence-corrected chi connectivity index (χ3v) is 13.1. The number of hydrogen-bond donors (Lipinski definition) is 0. The summed E-state index contributed by atoms with van der Waals surface area (Å²) in [7, 11) is 0. The fourth-order valence-electron chi connectivity index (χ4n) is 8.20. The normalized spacial score (nSPS) is 11.6. The second-order valence-corrected chi connectivity index (χ2v) is 16.3. The van der Waals surface area contributed by atoms with Crippen LogP contribution in [0.2, 0.25) is 0 Å². The van der Waals surface area contributed by atoms with E-state index in [1.54, 1.807) is 0 Å². The Morgan fingerprint density at radius 3 is 1.35 bits per heavy atom. The second kappa shape index (κ2) is 13.1. The molecule has 0 bridgehead atoms. The van der Waals surface area contributed by atoms with E-state index < -0.39 is 0 Å². The lowest BCUT2D eigenvalue weighted by Gasteiger charge is -2.27. The van der Waals surface area contributed by atoms with Gasteiger partial charge in [-0.1, -0.05) is 140 Å². The molecular formula is C52H33NS2. The van der Waals surface area contributed by atoms with Crippen molar-refractivity contribution >= 4 is 90.9 Å². The van der Waals surface area contributed by atoms with Gasteiger partial charge < -0.3 is 4.90 Å². The van der Waals surface area contributed by atoms with Crippen LogP contribution in [0.1, 0.15) is 0 Å². The summed E-state index contributed by atoms with van der Waals surface area (Å²) in [5, 5.41) is 7.71. The van der Waals surface area contributed by atoms with E-state index in [0.29, 0.717) is 0 Å². The van der Waals surface area contributed by atoms with Gasteiger partial charge in [-0.25, -0.2) is 0 Å². The van der Waals surface area contributed by atoms with Gasteiger partial charge in [0.05, 0.1) is 11.4 Å². The molecule has 0 saturated heterocycles. The molecule has 258 valence electrons. The monoisotopic (exact) mass is 735 g/mol. The van der Waals surface area contributed by atoms with Crippen LogP contribution >= 0.6 is 22.7 Å². The summed E-state index contributed by atoms with van der Waals surface area (Å²) in [6.07, 6.45) is 0. The van der Waals surface area contributed by atoms with Crippen LogP contribution in [0.3, 0.4) is 0 Å². The molecule has 9 aromatic carbocycles. The maximum Gasteiger partial charge on any atom is 0.0555 e. The van der Waals surface area contributed by atoms with Crippen molar-refractivity contribution in [1.82, 2.24) is 0 Å². The highest BCUT2D eigenvalue weighted by Crippen LogP contribution is 2.49. The summed E-state index contributed by atoms with van der Waals surface area (Å²) in [6.45, 7) is 0. The average Bonchev–Trinajstić information content (AvgIpc) is 3.83. The van der Waals surface area contributed by atoms with Gasteiger partial charge in [0.1, 0.15) is 0 Å². The van der Waals surface area contributed by atoms with E-state index in [4.69, 9.17) is 0 Å². The maximum absolute atomic E-state index is 2.48. The maximum atomic E-state index is 2.48. The van der Waals surface area contributed by atoms with Crippen LogP contribution in [0.5, 0.6) is 0 Å². The van der Waals surface area contributed by atoms with Gasteiger partial charge in [0, 0.05) is 46.0 Å². The summed E-state index contributed by atoms with van der Waals surface area (Å²) >= 11 is 3.73. The predicted molar refractivity (Wildman–Crippen MR) is 241 cm³/mol. The van der Waals surface area contributed by atoms with Crippen molar-refractivity contribution < 1.29 is 0 Å². The van der Waals surface area contributed by atoms with Crippen molar-refractivity contribution in [2.75, 3.05) is 4.90 Å². The highest BCUT2D eigenvalue weighted by atomic mass is 32.1. The number of anilines is 3. The van der Waals surface area contributed by atoms with Gasteiger partial charge >= 0.3 is 0 Å². The number of rotatable bonds is 6. The standard InChI is InChI=1S/C52H33NS2/c1-2-11-38-33-41(27-26-34(38)10-1)40-13-7-12-39(32-40)37-24-22-35(23-25-37)36-28-30-42(31-29-36)53(45-16-8-20-49-51(45)43-14-3-5-18-47(43)54-49)46-17-9-21-50-52(46)44-15-4-6-19-48(44)55-50/h1-33H. The molecule has 0 aliphatic carbocycles. The first-order chi connectivity index (χ1) is 27.2. The Bertz CT molecular complexity index is 3090. The van der Waals surface area contributed by atoms with E-state index in [9.17, 15) is 0 Å². The first kappa shape index (κ1) is 32.0. The van der Waals surface area contributed by atoms with Gasteiger partial charge in [-0.15, -0.1) is 22.7 Å². The highest BCUT2D eigenvalue weighted by molar-refractivity contribution is 7.26. The molecule has 0 amide bonds. The van der Waals surface area contributed by atoms with Crippen LogP contribution in [-0.2, 0) is 0 Å². The Hall–Kier alpha value is -6.52. The molecule has 2 heterocycles. The fourth-order valence-corrected chi connectivity index (χ4v) is 10.5. The van der Waals surface area contributed by atoms with E-state index >= 15 is 0 Å². The zero-order valence-electron chi connectivity index (χ0n) is 29.8. The summed E-state index contributed by atoms with van der Waals surface area (Å²) < 4.78 is 5.21. The lowest BCUT2D eigenvalue weighted by atomic mass is 9.96. The van der Waals surface area contributed by atoms with Gasteiger partial charge in [0.25, 0.3) is 0 Å². The first-order valence-electron chi connectivity index (χ1n) is 18.7. The van der Waals surface area contributed by atoms with Crippen molar-refractivity contribution in [3.8, 4) is 33.4 Å². The molecular weight excluding hydrogens is 703 g/mol. The Balaban J connectivity index is 0.984. The largest absolute Gasteiger partial charge is 0.309 e. The molecule has 0 aliphatic rings. The van der Waals surface area contributed by atoms with Crippen molar-refractivity contribution in [1.29, 1.82) is 0 Å². The van der Waals surface area contributed by atoms with E-state index in [1.807, 2.05) is 22.7 Å². The zero-order valence-corrected chi connectivity index (χ0v) is 31.4. The zero-order chi connectivity index (χ0) is 36.3. The molecule has 0 saturated carbocycles. The molecule has 0 spiro atoms. The second-order valence-electron chi connectivity index (χ2n) is 14.1. The molecule has 0 unspecified atom stereocenters. The lowest BCUT2D eigenvalue weighted by Crippen LogP contribution is -2.10. The first-order valence-corrected chi connectivity index (χ1v) is 20.3. The van der Waals surface area contributed by atoms with E-state index in [1.165, 1.54) is 95.9 Å². The number of fused-ring (bicyclic) bond motifs is 7. The lowest BCUT2D eigenvalue weighted by molar-refractivity contribution is 1.32. The van der Waals surface area contributed by atoms with Crippen LogP contribution in [0, 0.1) is 0 Å². The van der Waals surface area contributed by atoms with Crippen LogP contribution in [0.25, 0.3) is 84.5 Å². The minimum atomic E-state index is 1.14. The molecule has 1 nitrogen and oxygen atoms in total. The molecule has 0 atom stereocenters. The Morgan fingerprint density at radius 1 is 0.291 bits per heavy atom. The number of thiophene rings is 2. The minimum absolute atomic E-state index is 1.14. The highest BCUT2D eigenvalue weighted by Gasteiger charge is 2.22. The molecule has 55 heavy (non-hydrogen) atoms. The number of hydrogen-bond acceptors (Lipinski definition) is 3. The van der Waals surface area contributed by atoms with Crippen LogP contribution in [0.15, 0.2) is 200 Å². The Kier molecular flexibility index (Phi) is 7.61. The average molecular weight is 736 g/mol. The SMILES string of the molecule is c1cc(-c2ccc(-c3ccc(N(c4cccc5sc6ccccc6c45)c4cccc5sc6ccccc6c45)cc3)cc2)cc(-c2ccc3ccccc3c2)c1. The van der Waals surface area contributed by atoms with Gasteiger partial charge in [-0.3, -0.25) is 0 Å². The summed E-state index contributed by atoms with van der Waals surface area (Å²) in [6, 6.07) is 73.4. The van der Waals surface area contributed by atoms with Crippen molar-refractivity contribution in [3.63, 3.8) is 0 Å². The van der Waals surface area contributed by atoms with Gasteiger partial charge in [0.2, 0.25) is 0 Å². The topological polar surface area (TPSA) is 3.24 Å². The van der Waals surface area contributed by atoms with E-state index in [-0.39, 0.29) is 0 Å². The van der Waals surface area contributed by atoms with E-state index in [0.717, 1.165) is 5.69 Å². The van der Waals surface area contributed by atoms with Crippen molar-refractivity contribution in [2.45, 2.75) is 0 Å². The number of benzene rings is 9. The van der Waals surface area contributed by atoms with Gasteiger partial charge in [-0.05, 0) is 105 Å². The van der Waals surface area contributed by atoms with Crippen LogP contribution in [-0.4, -0.2) is 0 Å². The molecule has 11 rings (SSSR count). The Morgan fingerprint density at radius 2 is 0.727 bits per heavy atom. The summed E-state index contributed by atoms with van der Waals surface area (Å²) in [5.74, 6) is 0.